The predicted molar refractivity (Wildman–Crippen MR) is 104 cm³/mol. The summed E-state index contributed by atoms with van der Waals surface area (Å²) in [5.41, 5.74) is 1.13. The molecule has 2 N–H and O–H groups in total. The number of methoxy groups -OCH3 is 2. The number of benzene rings is 1. The largest absolute Gasteiger partial charge is 0.493 e. The van der Waals surface area contributed by atoms with E-state index in [0.29, 0.717) is 6.54 Å². The molecule has 0 unspecified atom stereocenters. The highest BCUT2D eigenvalue weighted by Crippen LogP contribution is 2.27. The van der Waals surface area contributed by atoms with Crippen LogP contribution in [0, 0.1) is 0 Å². The summed E-state index contributed by atoms with van der Waals surface area (Å²) in [4.78, 5) is 6.77. The minimum absolute atomic E-state index is 0.0325. The quantitative estimate of drug-likeness (QED) is 0.564. The van der Waals surface area contributed by atoms with E-state index < -0.39 is 0 Å². The Morgan fingerprint density at radius 3 is 2.46 bits per heavy atom. The van der Waals surface area contributed by atoms with Crippen molar-refractivity contribution in [3.63, 3.8) is 0 Å². The molecule has 1 heterocycles. The first-order valence-corrected chi connectivity index (χ1v) is 8.98. The van der Waals surface area contributed by atoms with Crippen molar-refractivity contribution in [1.82, 2.24) is 15.5 Å². The summed E-state index contributed by atoms with van der Waals surface area (Å²) in [6.07, 6.45) is 0. The first-order chi connectivity index (χ1) is 12.5. The number of nitrogens with zero attached hydrogens (tertiary/aromatic N) is 2. The van der Waals surface area contributed by atoms with Gasteiger partial charge in [0.2, 0.25) is 0 Å². The van der Waals surface area contributed by atoms with Crippen LogP contribution in [0.5, 0.6) is 11.5 Å². The first-order valence-electron chi connectivity index (χ1n) is 8.98. The Bertz CT molecular complexity index is 598. The summed E-state index contributed by atoms with van der Waals surface area (Å²) < 4.78 is 16.1. The number of hydrogen-bond donors (Lipinski definition) is 2. The van der Waals surface area contributed by atoms with E-state index in [1.807, 2.05) is 18.2 Å². The number of aliphatic imine (C=N–C) groups is 1. The molecule has 1 aromatic rings. The van der Waals surface area contributed by atoms with Gasteiger partial charge in [0.1, 0.15) is 0 Å². The van der Waals surface area contributed by atoms with E-state index in [1.54, 1.807) is 21.3 Å². The first kappa shape index (κ1) is 20.3. The highest BCUT2D eigenvalue weighted by Gasteiger charge is 2.28. The topological polar surface area (TPSA) is 67.4 Å². The molecule has 0 atom stereocenters. The normalized spacial score (nSPS) is 16.3. The molecule has 146 valence electrons. The molecule has 1 fully saturated rings. The molecule has 0 spiro atoms. The van der Waals surface area contributed by atoms with Crippen molar-refractivity contribution in [2.24, 2.45) is 4.99 Å². The number of ether oxygens (including phenoxy) is 3. The zero-order valence-electron chi connectivity index (χ0n) is 16.6. The lowest BCUT2D eigenvalue weighted by Crippen LogP contribution is -2.56. The molecule has 0 radical (unpaired) electrons. The zero-order valence-corrected chi connectivity index (χ0v) is 16.6. The summed E-state index contributed by atoms with van der Waals surface area (Å²) in [5, 5.41) is 6.78. The molecule has 1 aliphatic heterocycles. The number of morpholine rings is 1. The van der Waals surface area contributed by atoms with Crippen LogP contribution in [0.15, 0.2) is 23.2 Å². The molecule has 0 amide bonds. The molecule has 7 nitrogen and oxygen atoms in total. The Morgan fingerprint density at radius 2 is 1.85 bits per heavy atom. The Balaban J connectivity index is 1.87. The van der Waals surface area contributed by atoms with Gasteiger partial charge in [-0.1, -0.05) is 6.07 Å². The second-order valence-electron chi connectivity index (χ2n) is 6.88. The van der Waals surface area contributed by atoms with Crippen molar-refractivity contribution in [2.45, 2.75) is 25.9 Å². The Hall–Kier alpha value is -1.99. The van der Waals surface area contributed by atoms with E-state index in [0.717, 1.165) is 55.9 Å². The van der Waals surface area contributed by atoms with E-state index in [1.165, 1.54) is 0 Å². The molecule has 0 saturated carbocycles. The lowest BCUT2D eigenvalue weighted by Gasteiger charge is -2.41. The molecular formula is C19H32N4O3. The van der Waals surface area contributed by atoms with E-state index in [4.69, 9.17) is 14.2 Å². The van der Waals surface area contributed by atoms with Crippen molar-refractivity contribution >= 4 is 5.96 Å². The van der Waals surface area contributed by atoms with Crippen LogP contribution in [0.1, 0.15) is 19.4 Å². The van der Waals surface area contributed by atoms with E-state index in [2.05, 4.69) is 34.4 Å². The molecule has 0 aromatic heterocycles. The van der Waals surface area contributed by atoms with Crippen LogP contribution in [0.2, 0.25) is 0 Å². The van der Waals surface area contributed by atoms with Crippen LogP contribution in [0.4, 0.5) is 0 Å². The molecule has 0 aliphatic carbocycles. The van der Waals surface area contributed by atoms with Gasteiger partial charge in [-0.2, -0.15) is 0 Å². The van der Waals surface area contributed by atoms with Gasteiger partial charge in [-0.05, 0) is 31.5 Å². The van der Waals surface area contributed by atoms with Crippen molar-refractivity contribution in [2.75, 3.05) is 54.1 Å². The monoisotopic (exact) mass is 364 g/mol. The molecular weight excluding hydrogens is 332 g/mol. The van der Waals surface area contributed by atoms with Crippen LogP contribution in [0.25, 0.3) is 0 Å². The van der Waals surface area contributed by atoms with E-state index >= 15 is 0 Å². The smallest absolute Gasteiger partial charge is 0.191 e. The van der Waals surface area contributed by atoms with Crippen LogP contribution < -0.4 is 20.1 Å². The maximum Gasteiger partial charge on any atom is 0.191 e. The van der Waals surface area contributed by atoms with Crippen LogP contribution in [-0.4, -0.2) is 70.5 Å². The maximum atomic E-state index is 5.45. The van der Waals surface area contributed by atoms with Gasteiger partial charge < -0.3 is 24.8 Å². The molecule has 1 aliphatic rings. The summed E-state index contributed by atoms with van der Waals surface area (Å²) in [7, 11) is 5.06. The summed E-state index contributed by atoms with van der Waals surface area (Å²) >= 11 is 0. The van der Waals surface area contributed by atoms with Gasteiger partial charge >= 0.3 is 0 Å². The van der Waals surface area contributed by atoms with Gasteiger partial charge in [-0.25, -0.2) is 0 Å². The van der Waals surface area contributed by atoms with Gasteiger partial charge in [0, 0.05) is 38.8 Å². The highest BCUT2D eigenvalue weighted by atomic mass is 16.5. The van der Waals surface area contributed by atoms with Crippen molar-refractivity contribution in [1.29, 1.82) is 0 Å². The van der Waals surface area contributed by atoms with Crippen molar-refractivity contribution in [3.05, 3.63) is 23.8 Å². The van der Waals surface area contributed by atoms with Gasteiger partial charge in [0.25, 0.3) is 0 Å². The van der Waals surface area contributed by atoms with E-state index in [9.17, 15) is 0 Å². The second-order valence-corrected chi connectivity index (χ2v) is 6.88. The van der Waals surface area contributed by atoms with Gasteiger partial charge in [0.15, 0.2) is 17.5 Å². The molecule has 1 aromatic carbocycles. The lowest BCUT2D eigenvalue weighted by molar-refractivity contribution is -0.00834. The number of rotatable bonds is 7. The molecule has 7 heteroatoms. The zero-order chi connectivity index (χ0) is 19.0. The second kappa shape index (κ2) is 9.64. The molecule has 26 heavy (non-hydrogen) atoms. The minimum atomic E-state index is 0.0325. The standard InChI is InChI=1S/C19H32N4O3/c1-19(2,23-8-10-26-11-9-23)14-22-18(20-3)21-13-15-6-7-16(24-4)17(12-15)25-5/h6-7,12H,8-11,13-14H2,1-5H3,(H2,20,21,22). The van der Waals surface area contributed by atoms with Gasteiger partial charge in [-0.3, -0.25) is 9.89 Å². The summed E-state index contributed by atoms with van der Waals surface area (Å²) in [6, 6.07) is 5.89. The van der Waals surface area contributed by atoms with Crippen LogP contribution in [-0.2, 0) is 11.3 Å². The summed E-state index contributed by atoms with van der Waals surface area (Å²) in [6.45, 7) is 9.47. The average Bonchev–Trinajstić information content (AvgIpc) is 2.68. The number of hydrogen-bond acceptors (Lipinski definition) is 5. The summed E-state index contributed by atoms with van der Waals surface area (Å²) in [5.74, 6) is 2.23. The number of nitrogens with one attached hydrogen (secondary N) is 2. The van der Waals surface area contributed by atoms with Gasteiger partial charge in [0.05, 0.1) is 27.4 Å². The average molecular weight is 364 g/mol. The van der Waals surface area contributed by atoms with Crippen molar-refractivity contribution in [3.8, 4) is 11.5 Å². The van der Waals surface area contributed by atoms with Crippen molar-refractivity contribution < 1.29 is 14.2 Å². The predicted octanol–water partition coefficient (Wildman–Crippen LogP) is 1.48. The third kappa shape index (κ3) is 5.51. The molecule has 0 bridgehead atoms. The minimum Gasteiger partial charge on any atom is -0.493 e. The maximum absolute atomic E-state index is 5.45. The third-order valence-electron chi connectivity index (χ3n) is 4.69. The SMILES string of the molecule is CN=C(NCc1ccc(OC)c(OC)c1)NCC(C)(C)N1CCOCC1. The highest BCUT2D eigenvalue weighted by molar-refractivity contribution is 5.79. The van der Waals surface area contributed by atoms with E-state index in [-0.39, 0.29) is 5.54 Å². The van der Waals surface area contributed by atoms with Crippen LogP contribution in [0.3, 0.4) is 0 Å². The molecule has 1 saturated heterocycles. The number of guanidine groups is 1. The Morgan fingerprint density at radius 1 is 1.15 bits per heavy atom. The Labute approximate surface area is 156 Å². The fourth-order valence-corrected chi connectivity index (χ4v) is 2.98. The van der Waals surface area contributed by atoms with Gasteiger partial charge in [-0.15, -0.1) is 0 Å². The van der Waals surface area contributed by atoms with Crippen LogP contribution >= 0.6 is 0 Å². The Kier molecular flexibility index (Phi) is 7.53. The third-order valence-corrected chi connectivity index (χ3v) is 4.69. The fourth-order valence-electron chi connectivity index (χ4n) is 2.98. The fraction of sp³-hybridized carbons (Fsp3) is 0.632. The lowest BCUT2D eigenvalue weighted by atomic mass is 10.0. The molecule has 2 rings (SSSR count).